The fourth-order valence-corrected chi connectivity index (χ4v) is 5.22. The van der Waals surface area contributed by atoms with Crippen molar-refractivity contribution in [3.63, 3.8) is 0 Å². The molecule has 9 heteroatoms. The lowest BCUT2D eigenvalue weighted by Crippen LogP contribution is -2.46. The molecule has 1 aliphatic heterocycles. The monoisotopic (exact) mass is 590 g/mol. The van der Waals surface area contributed by atoms with Gasteiger partial charge in [-0.05, 0) is 78.5 Å². The molecular formula is C34H46N4O5. The number of imide groups is 1. The maximum atomic E-state index is 12.8. The molecule has 0 aliphatic carbocycles. The van der Waals surface area contributed by atoms with E-state index < -0.39 is 11.9 Å². The van der Waals surface area contributed by atoms with Crippen LogP contribution in [0.1, 0.15) is 71.6 Å². The second-order valence-corrected chi connectivity index (χ2v) is 12.7. The number of nitrogens with one attached hydrogen (secondary N) is 3. The van der Waals surface area contributed by atoms with Crippen LogP contribution in [0.15, 0.2) is 42.5 Å². The van der Waals surface area contributed by atoms with Crippen molar-refractivity contribution in [3.05, 3.63) is 59.2 Å². The molecule has 1 fully saturated rings. The Morgan fingerprint density at radius 2 is 1.47 bits per heavy atom. The van der Waals surface area contributed by atoms with Crippen molar-refractivity contribution in [3.8, 4) is 0 Å². The summed E-state index contributed by atoms with van der Waals surface area (Å²) in [6, 6.07) is 11.8. The van der Waals surface area contributed by atoms with Gasteiger partial charge in [-0.3, -0.25) is 28.9 Å². The second-order valence-electron chi connectivity index (χ2n) is 12.7. The largest absolute Gasteiger partial charge is 0.347 e. The van der Waals surface area contributed by atoms with Crippen molar-refractivity contribution in [1.29, 1.82) is 0 Å². The SMILES string of the molecule is CC(C)Cc1ccc(NC(=O)C(C)NC(=O)CNC(=O)Cc2ccc(N3C(=O)CC(C(C)C)C3=O)cc2)cc1CC(C)C. The molecule has 1 saturated heterocycles. The topological polar surface area (TPSA) is 125 Å². The molecule has 0 bridgehead atoms. The first-order chi connectivity index (χ1) is 20.2. The highest BCUT2D eigenvalue weighted by molar-refractivity contribution is 6.21. The van der Waals surface area contributed by atoms with Crippen LogP contribution in [-0.2, 0) is 43.2 Å². The van der Waals surface area contributed by atoms with Gasteiger partial charge in [0.15, 0.2) is 0 Å². The number of rotatable bonds is 13. The molecular weight excluding hydrogens is 544 g/mol. The zero-order valence-electron chi connectivity index (χ0n) is 26.5. The van der Waals surface area contributed by atoms with Crippen LogP contribution >= 0.6 is 0 Å². The maximum Gasteiger partial charge on any atom is 0.246 e. The summed E-state index contributed by atoms with van der Waals surface area (Å²) in [6.45, 7) is 13.9. The zero-order valence-corrected chi connectivity index (χ0v) is 26.5. The van der Waals surface area contributed by atoms with E-state index in [1.165, 1.54) is 16.0 Å². The van der Waals surface area contributed by atoms with Gasteiger partial charge in [-0.1, -0.05) is 59.7 Å². The second kappa shape index (κ2) is 14.9. The van der Waals surface area contributed by atoms with Gasteiger partial charge >= 0.3 is 0 Å². The molecule has 2 aromatic carbocycles. The normalized spacial score (nSPS) is 15.8. The summed E-state index contributed by atoms with van der Waals surface area (Å²) in [5, 5.41) is 8.09. The molecule has 3 N–H and O–H groups in total. The van der Waals surface area contributed by atoms with E-state index in [9.17, 15) is 24.0 Å². The fraction of sp³-hybridized carbons (Fsp3) is 0.500. The summed E-state index contributed by atoms with van der Waals surface area (Å²) in [4.78, 5) is 63.9. The molecule has 232 valence electrons. The molecule has 1 aliphatic rings. The average Bonchev–Trinajstić information content (AvgIpc) is 3.22. The number of benzene rings is 2. The summed E-state index contributed by atoms with van der Waals surface area (Å²) >= 11 is 0. The van der Waals surface area contributed by atoms with Crippen LogP contribution in [-0.4, -0.2) is 42.1 Å². The number of hydrogen-bond acceptors (Lipinski definition) is 5. The molecule has 5 amide bonds. The Balaban J connectivity index is 1.47. The molecule has 0 aromatic heterocycles. The van der Waals surface area contributed by atoms with Gasteiger partial charge in [0.1, 0.15) is 6.04 Å². The van der Waals surface area contributed by atoms with E-state index in [1.807, 2.05) is 26.0 Å². The van der Waals surface area contributed by atoms with Crippen LogP contribution < -0.4 is 20.9 Å². The average molecular weight is 591 g/mol. The molecule has 9 nitrogen and oxygen atoms in total. The summed E-state index contributed by atoms with van der Waals surface area (Å²) in [6.07, 6.45) is 2.11. The Kier molecular flexibility index (Phi) is 11.6. The maximum absolute atomic E-state index is 12.8. The van der Waals surface area contributed by atoms with Crippen LogP contribution in [0.4, 0.5) is 11.4 Å². The molecule has 0 radical (unpaired) electrons. The molecule has 3 rings (SSSR count). The van der Waals surface area contributed by atoms with Gasteiger partial charge in [-0.25, -0.2) is 0 Å². The summed E-state index contributed by atoms with van der Waals surface area (Å²) in [5.74, 6) is -0.852. The van der Waals surface area contributed by atoms with Crippen LogP contribution in [0.5, 0.6) is 0 Å². The Labute approximate surface area is 255 Å². The zero-order chi connectivity index (χ0) is 31.8. The standard InChI is InChI=1S/C34H46N4O5/c1-20(2)14-25-10-11-27(17-26(25)15-21(3)4)37-33(42)23(7)36-31(40)19-35-30(39)16-24-8-12-28(13-9-24)38-32(41)18-29(22(5)6)34(38)43/h8-13,17,20-23,29H,14-16,18-19H2,1-7H3,(H,35,39)(H,36,40)(H,37,42). The Morgan fingerprint density at radius 1 is 0.837 bits per heavy atom. The van der Waals surface area contributed by atoms with Gasteiger partial charge in [0.2, 0.25) is 29.5 Å². The van der Waals surface area contributed by atoms with E-state index in [4.69, 9.17) is 0 Å². The first-order valence-corrected chi connectivity index (χ1v) is 15.2. The van der Waals surface area contributed by atoms with Crippen molar-refractivity contribution in [2.45, 2.75) is 80.2 Å². The van der Waals surface area contributed by atoms with Gasteiger partial charge in [0.05, 0.1) is 24.6 Å². The third kappa shape index (κ3) is 9.49. The van der Waals surface area contributed by atoms with E-state index in [0.29, 0.717) is 28.8 Å². The smallest absolute Gasteiger partial charge is 0.246 e. The highest BCUT2D eigenvalue weighted by atomic mass is 16.2. The number of amides is 5. The van der Waals surface area contributed by atoms with Gasteiger partial charge in [-0.2, -0.15) is 0 Å². The van der Waals surface area contributed by atoms with Crippen LogP contribution in [0.2, 0.25) is 0 Å². The summed E-state index contributed by atoms with van der Waals surface area (Å²) < 4.78 is 0. The summed E-state index contributed by atoms with van der Waals surface area (Å²) in [7, 11) is 0. The van der Waals surface area contributed by atoms with Crippen molar-refractivity contribution < 1.29 is 24.0 Å². The minimum atomic E-state index is -0.799. The van der Waals surface area contributed by atoms with Crippen LogP contribution in [0, 0.1) is 23.7 Å². The first-order valence-electron chi connectivity index (χ1n) is 15.2. The summed E-state index contributed by atoms with van der Waals surface area (Å²) in [5.41, 5.74) is 4.34. The van der Waals surface area contributed by atoms with Crippen molar-refractivity contribution in [2.75, 3.05) is 16.8 Å². The predicted molar refractivity (Wildman–Crippen MR) is 168 cm³/mol. The van der Waals surface area contributed by atoms with Gasteiger partial charge in [-0.15, -0.1) is 0 Å². The predicted octanol–water partition coefficient (Wildman–Crippen LogP) is 4.42. The lowest BCUT2D eigenvalue weighted by atomic mass is 9.92. The number of carbonyl (C=O) groups excluding carboxylic acids is 5. The molecule has 0 saturated carbocycles. The van der Waals surface area contributed by atoms with Crippen molar-refractivity contribution in [2.24, 2.45) is 23.7 Å². The minimum absolute atomic E-state index is 0.0195. The molecule has 2 aromatic rings. The highest BCUT2D eigenvalue weighted by Gasteiger charge is 2.40. The fourth-order valence-electron chi connectivity index (χ4n) is 5.22. The van der Waals surface area contributed by atoms with Crippen molar-refractivity contribution >= 4 is 40.9 Å². The number of nitrogens with zero attached hydrogens (tertiary/aromatic N) is 1. The number of hydrogen-bond donors (Lipinski definition) is 3. The van der Waals surface area contributed by atoms with Crippen molar-refractivity contribution in [1.82, 2.24) is 10.6 Å². The third-order valence-electron chi connectivity index (χ3n) is 7.49. The van der Waals surface area contributed by atoms with E-state index in [1.54, 1.807) is 31.2 Å². The highest BCUT2D eigenvalue weighted by Crippen LogP contribution is 2.31. The molecule has 2 atom stereocenters. The van der Waals surface area contributed by atoms with Crippen LogP contribution in [0.25, 0.3) is 0 Å². The Morgan fingerprint density at radius 3 is 2.05 bits per heavy atom. The van der Waals surface area contributed by atoms with E-state index in [0.717, 1.165) is 12.8 Å². The van der Waals surface area contributed by atoms with Gasteiger partial charge in [0.25, 0.3) is 0 Å². The molecule has 43 heavy (non-hydrogen) atoms. The van der Waals surface area contributed by atoms with E-state index >= 15 is 0 Å². The lowest BCUT2D eigenvalue weighted by Gasteiger charge is -2.18. The third-order valence-corrected chi connectivity index (χ3v) is 7.49. The van der Waals surface area contributed by atoms with E-state index in [2.05, 4.69) is 49.7 Å². The Bertz CT molecular complexity index is 1330. The molecule has 2 unspecified atom stereocenters. The van der Waals surface area contributed by atoms with Gasteiger partial charge < -0.3 is 16.0 Å². The number of carbonyl (C=O) groups is 5. The van der Waals surface area contributed by atoms with E-state index in [-0.39, 0.29) is 54.9 Å². The van der Waals surface area contributed by atoms with Crippen LogP contribution in [0.3, 0.4) is 0 Å². The Hall–Kier alpha value is -4.01. The first kappa shape index (κ1) is 33.5. The molecule has 1 heterocycles. The molecule has 0 spiro atoms. The lowest BCUT2D eigenvalue weighted by molar-refractivity contribution is -0.127. The number of anilines is 2. The quantitative estimate of drug-likeness (QED) is 0.298. The minimum Gasteiger partial charge on any atom is -0.347 e. The van der Waals surface area contributed by atoms with Gasteiger partial charge in [0, 0.05) is 12.1 Å².